The monoisotopic (exact) mass is 239 g/mol. The van der Waals surface area contributed by atoms with E-state index < -0.39 is 5.60 Å². The lowest BCUT2D eigenvalue weighted by atomic mass is 9.71. The van der Waals surface area contributed by atoms with E-state index in [2.05, 4.69) is 19.2 Å². The fraction of sp³-hybridized carbons (Fsp3) is 1.00. The number of rotatable bonds is 3. The first-order chi connectivity index (χ1) is 8.08. The van der Waals surface area contributed by atoms with E-state index in [1.165, 1.54) is 44.9 Å². The molecule has 0 aromatic heterocycles. The molecule has 2 nitrogen and oxygen atoms in total. The Bertz CT molecular complexity index is 233. The fourth-order valence-corrected chi connectivity index (χ4v) is 3.76. The Balaban J connectivity index is 1.87. The van der Waals surface area contributed by atoms with Crippen LogP contribution in [0.4, 0.5) is 0 Å². The molecular weight excluding hydrogens is 210 g/mol. The Kier molecular flexibility index (Phi) is 4.48. The largest absolute Gasteiger partial charge is 0.390 e. The Labute approximate surface area is 106 Å². The molecule has 0 aromatic rings. The van der Waals surface area contributed by atoms with Gasteiger partial charge in [0, 0.05) is 6.04 Å². The lowest BCUT2D eigenvalue weighted by Gasteiger charge is -2.40. The van der Waals surface area contributed by atoms with E-state index in [0.29, 0.717) is 12.0 Å². The topological polar surface area (TPSA) is 32.3 Å². The van der Waals surface area contributed by atoms with Gasteiger partial charge in [-0.1, -0.05) is 26.2 Å². The third-order valence-corrected chi connectivity index (χ3v) is 4.89. The zero-order chi connectivity index (χ0) is 12.3. The Hall–Kier alpha value is -0.0800. The second kappa shape index (κ2) is 5.71. The molecule has 0 spiro atoms. The minimum Gasteiger partial charge on any atom is -0.390 e. The number of nitrogens with one attached hydrogen (secondary N) is 1. The summed E-state index contributed by atoms with van der Waals surface area (Å²) in [5.74, 6) is 1.33. The molecule has 0 amide bonds. The highest BCUT2D eigenvalue weighted by Crippen LogP contribution is 2.38. The molecule has 2 rings (SSSR count). The molecule has 2 N–H and O–H groups in total. The standard InChI is InChI=1S/C15H29NO/c1-12-6-5-7-13(10-12)15(2,17)11-14-8-3-4-9-16-14/h12-14,16-17H,3-11H2,1-2H3. The molecule has 4 atom stereocenters. The molecule has 4 unspecified atom stereocenters. The highest BCUT2D eigenvalue weighted by atomic mass is 16.3. The van der Waals surface area contributed by atoms with Gasteiger partial charge in [0.15, 0.2) is 0 Å². The number of aliphatic hydroxyl groups is 1. The zero-order valence-corrected chi connectivity index (χ0v) is 11.5. The van der Waals surface area contributed by atoms with Crippen molar-refractivity contribution >= 4 is 0 Å². The van der Waals surface area contributed by atoms with Crippen LogP contribution >= 0.6 is 0 Å². The third kappa shape index (κ3) is 3.69. The van der Waals surface area contributed by atoms with Crippen molar-refractivity contribution in [1.29, 1.82) is 0 Å². The first-order valence-corrected chi connectivity index (χ1v) is 7.53. The maximum absolute atomic E-state index is 10.8. The van der Waals surface area contributed by atoms with Gasteiger partial charge >= 0.3 is 0 Å². The van der Waals surface area contributed by atoms with Gasteiger partial charge in [-0.05, 0) is 57.4 Å². The molecule has 1 aliphatic heterocycles. The summed E-state index contributed by atoms with van der Waals surface area (Å²) in [5.41, 5.74) is -0.455. The van der Waals surface area contributed by atoms with Crippen LogP contribution in [0, 0.1) is 11.8 Å². The highest BCUT2D eigenvalue weighted by molar-refractivity contribution is 4.90. The average Bonchev–Trinajstić information content (AvgIpc) is 2.30. The Morgan fingerprint density at radius 2 is 2.00 bits per heavy atom. The third-order valence-electron chi connectivity index (χ3n) is 4.89. The van der Waals surface area contributed by atoms with Crippen molar-refractivity contribution in [3.8, 4) is 0 Å². The van der Waals surface area contributed by atoms with Crippen LogP contribution in [-0.2, 0) is 0 Å². The van der Waals surface area contributed by atoms with Crippen LogP contribution < -0.4 is 5.32 Å². The first-order valence-electron chi connectivity index (χ1n) is 7.53. The summed E-state index contributed by atoms with van der Waals surface area (Å²) < 4.78 is 0. The molecular formula is C15H29NO. The average molecular weight is 239 g/mol. The molecule has 17 heavy (non-hydrogen) atoms. The molecule has 1 saturated carbocycles. The predicted octanol–water partition coefficient (Wildman–Crippen LogP) is 3.10. The minimum atomic E-state index is -0.455. The van der Waals surface area contributed by atoms with Crippen LogP contribution in [-0.4, -0.2) is 23.3 Å². The van der Waals surface area contributed by atoms with Crippen LogP contribution in [0.1, 0.15) is 65.2 Å². The van der Waals surface area contributed by atoms with Gasteiger partial charge in [-0.25, -0.2) is 0 Å². The van der Waals surface area contributed by atoms with Crippen molar-refractivity contribution in [3.05, 3.63) is 0 Å². The van der Waals surface area contributed by atoms with Crippen molar-refractivity contribution < 1.29 is 5.11 Å². The van der Waals surface area contributed by atoms with E-state index in [0.717, 1.165) is 18.9 Å². The lowest BCUT2D eigenvalue weighted by molar-refractivity contribution is -0.0398. The van der Waals surface area contributed by atoms with Gasteiger partial charge in [-0.15, -0.1) is 0 Å². The molecule has 2 aliphatic rings. The molecule has 100 valence electrons. The summed E-state index contributed by atoms with van der Waals surface area (Å²) in [6.07, 6.45) is 9.94. The van der Waals surface area contributed by atoms with Crippen LogP contribution in [0.2, 0.25) is 0 Å². The fourth-order valence-electron chi connectivity index (χ4n) is 3.76. The second-order valence-electron chi connectivity index (χ2n) is 6.68. The van der Waals surface area contributed by atoms with Crippen molar-refractivity contribution in [3.63, 3.8) is 0 Å². The summed E-state index contributed by atoms with van der Waals surface area (Å²) in [6, 6.07) is 0.552. The van der Waals surface area contributed by atoms with Crippen molar-refractivity contribution in [2.45, 2.75) is 76.9 Å². The van der Waals surface area contributed by atoms with Crippen LogP contribution in [0.15, 0.2) is 0 Å². The summed E-state index contributed by atoms with van der Waals surface area (Å²) in [7, 11) is 0. The van der Waals surface area contributed by atoms with Gasteiger partial charge in [0.1, 0.15) is 0 Å². The minimum absolute atomic E-state index is 0.455. The van der Waals surface area contributed by atoms with E-state index in [4.69, 9.17) is 0 Å². The van der Waals surface area contributed by atoms with E-state index in [1.54, 1.807) is 0 Å². The lowest BCUT2D eigenvalue weighted by Crippen LogP contribution is -2.45. The smallest absolute Gasteiger partial charge is 0.0662 e. The normalized spacial score (nSPS) is 38.6. The molecule has 1 heterocycles. The first kappa shape index (κ1) is 13.4. The summed E-state index contributed by atoms with van der Waals surface area (Å²) >= 11 is 0. The van der Waals surface area contributed by atoms with Crippen LogP contribution in [0.3, 0.4) is 0 Å². The van der Waals surface area contributed by atoms with E-state index in [1.807, 2.05) is 0 Å². The van der Waals surface area contributed by atoms with Gasteiger partial charge in [-0.3, -0.25) is 0 Å². The maximum atomic E-state index is 10.8. The molecule has 1 saturated heterocycles. The highest BCUT2D eigenvalue weighted by Gasteiger charge is 2.36. The summed E-state index contributed by atoms with van der Waals surface area (Å²) in [5, 5.41) is 14.3. The van der Waals surface area contributed by atoms with Gasteiger partial charge in [0.25, 0.3) is 0 Å². The van der Waals surface area contributed by atoms with Gasteiger partial charge in [0.2, 0.25) is 0 Å². The Morgan fingerprint density at radius 3 is 2.65 bits per heavy atom. The molecule has 1 aliphatic carbocycles. The van der Waals surface area contributed by atoms with Gasteiger partial charge in [0.05, 0.1) is 5.60 Å². The Morgan fingerprint density at radius 1 is 1.18 bits per heavy atom. The van der Waals surface area contributed by atoms with E-state index >= 15 is 0 Å². The van der Waals surface area contributed by atoms with Crippen LogP contribution in [0.25, 0.3) is 0 Å². The zero-order valence-electron chi connectivity index (χ0n) is 11.5. The summed E-state index contributed by atoms with van der Waals surface area (Å²) in [6.45, 7) is 5.55. The predicted molar refractivity (Wildman–Crippen MR) is 72.0 cm³/mol. The molecule has 2 heteroatoms. The molecule has 0 radical (unpaired) electrons. The maximum Gasteiger partial charge on any atom is 0.0662 e. The van der Waals surface area contributed by atoms with Crippen molar-refractivity contribution in [2.75, 3.05) is 6.54 Å². The van der Waals surface area contributed by atoms with Crippen molar-refractivity contribution in [2.24, 2.45) is 11.8 Å². The second-order valence-corrected chi connectivity index (χ2v) is 6.68. The van der Waals surface area contributed by atoms with Gasteiger partial charge in [-0.2, -0.15) is 0 Å². The molecule has 0 bridgehead atoms. The summed E-state index contributed by atoms with van der Waals surface area (Å²) in [4.78, 5) is 0. The van der Waals surface area contributed by atoms with E-state index in [-0.39, 0.29) is 0 Å². The molecule has 0 aromatic carbocycles. The molecule has 2 fully saturated rings. The van der Waals surface area contributed by atoms with Gasteiger partial charge < -0.3 is 10.4 Å². The SMILES string of the molecule is CC1CCCC(C(C)(O)CC2CCCCN2)C1. The van der Waals surface area contributed by atoms with E-state index in [9.17, 15) is 5.11 Å². The van der Waals surface area contributed by atoms with Crippen LogP contribution in [0.5, 0.6) is 0 Å². The van der Waals surface area contributed by atoms with Crippen molar-refractivity contribution in [1.82, 2.24) is 5.32 Å². The number of piperidine rings is 1. The quantitative estimate of drug-likeness (QED) is 0.793. The number of hydrogen-bond donors (Lipinski definition) is 2. The number of hydrogen-bond acceptors (Lipinski definition) is 2.